The van der Waals surface area contributed by atoms with Gasteiger partial charge < -0.3 is 19.1 Å². The fraction of sp³-hybridized carbons (Fsp3) is 0.583. The minimum atomic E-state index is 0.0604. The first-order valence-corrected chi connectivity index (χ1v) is 12.4. The Balaban J connectivity index is 1.45. The first-order chi connectivity index (χ1) is 15.0. The molecule has 0 N–H and O–H groups in total. The van der Waals surface area contributed by atoms with E-state index in [9.17, 15) is 9.59 Å². The highest BCUT2D eigenvalue weighted by atomic mass is 32.2. The zero-order valence-corrected chi connectivity index (χ0v) is 19.4. The Kier molecular flexibility index (Phi) is 7.23. The highest BCUT2D eigenvalue weighted by Gasteiger charge is 2.26. The number of nitrogens with zero attached hydrogens (tertiary/aromatic N) is 3. The molecule has 168 valence electrons. The molecule has 2 aliphatic heterocycles. The summed E-state index contributed by atoms with van der Waals surface area (Å²) in [5.41, 5.74) is 1.04. The topological polar surface area (TPSA) is 54.8 Å². The standard InChI is InChI=1S/C24H33N3O3S/c1-18-13-27(14-19(2)30-18)23(28)16-26-15-22(20-9-5-6-10-21(20)26)31-17-24(29)25-11-7-3-4-8-12-25/h5-6,9-10,15,18-19H,3-4,7-8,11-14,16-17H2,1-2H3/t18-,19+. The summed E-state index contributed by atoms with van der Waals surface area (Å²) < 4.78 is 7.79. The smallest absolute Gasteiger partial charge is 0.242 e. The van der Waals surface area contributed by atoms with Gasteiger partial charge >= 0.3 is 0 Å². The predicted molar refractivity (Wildman–Crippen MR) is 124 cm³/mol. The second-order valence-electron chi connectivity index (χ2n) is 8.78. The van der Waals surface area contributed by atoms with Crippen LogP contribution >= 0.6 is 11.8 Å². The Bertz CT molecular complexity index is 910. The van der Waals surface area contributed by atoms with Crippen LogP contribution in [0.1, 0.15) is 39.5 Å². The molecule has 2 fully saturated rings. The maximum atomic E-state index is 13.0. The minimum Gasteiger partial charge on any atom is -0.372 e. The summed E-state index contributed by atoms with van der Waals surface area (Å²) >= 11 is 1.59. The van der Waals surface area contributed by atoms with Gasteiger partial charge in [0, 0.05) is 48.2 Å². The number of morpholine rings is 1. The van der Waals surface area contributed by atoms with Crippen molar-refractivity contribution in [1.82, 2.24) is 14.4 Å². The lowest BCUT2D eigenvalue weighted by Gasteiger charge is -2.35. The quantitative estimate of drug-likeness (QED) is 0.660. The molecule has 0 saturated carbocycles. The lowest BCUT2D eigenvalue weighted by molar-refractivity contribution is -0.143. The number of rotatable bonds is 5. The maximum absolute atomic E-state index is 13.0. The normalized spacial score (nSPS) is 22.5. The van der Waals surface area contributed by atoms with E-state index in [1.165, 1.54) is 12.8 Å². The number of likely N-dealkylation sites (tertiary alicyclic amines) is 1. The molecule has 2 aliphatic rings. The number of benzene rings is 1. The number of para-hydroxylation sites is 1. The lowest BCUT2D eigenvalue weighted by Crippen LogP contribution is -2.49. The van der Waals surface area contributed by atoms with Gasteiger partial charge in [0.2, 0.25) is 11.8 Å². The molecule has 2 aromatic rings. The van der Waals surface area contributed by atoms with Crippen LogP contribution in [0.25, 0.3) is 10.9 Å². The summed E-state index contributed by atoms with van der Waals surface area (Å²) in [6, 6.07) is 8.14. The summed E-state index contributed by atoms with van der Waals surface area (Å²) in [5.74, 6) is 0.775. The molecule has 1 aromatic heterocycles. The summed E-state index contributed by atoms with van der Waals surface area (Å²) in [7, 11) is 0. The Morgan fingerprint density at radius 1 is 0.968 bits per heavy atom. The van der Waals surface area contributed by atoms with Crippen LogP contribution in [0.2, 0.25) is 0 Å². The van der Waals surface area contributed by atoms with Crippen LogP contribution in [0.3, 0.4) is 0 Å². The molecule has 0 aliphatic carbocycles. The summed E-state index contributed by atoms with van der Waals surface area (Å²) in [6.45, 7) is 7.36. The Hall–Kier alpha value is -1.99. The predicted octanol–water partition coefficient (Wildman–Crippen LogP) is 3.77. The molecule has 3 heterocycles. The van der Waals surface area contributed by atoms with E-state index in [1.54, 1.807) is 11.8 Å². The van der Waals surface area contributed by atoms with Crippen molar-refractivity contribution in [3.05, 3.63) is 30.5 Å². The SMILES string of the molecule is C[C@@H]1CN(C(=O)Cn2cc(SCC(=O)N3CCCCCC3)c3ccccc32)C[C@H](C)O1. The molecule has 31 heavy (non-hydrogen) atoms. The van der Waals surface area contributed by atoms with Gasteiger partial charge in [-0.25, -0.2) is 0 Å². The molecule has 0 radical (unpaired) electrons. The fourth-order valence-corrected chi connectivity index (χ4v) is 5.63. The van der Waals surface area contributed by atoms with Gasteiger partial charge in [0.05, 0.1) is 18.0 Å². The second kappa shape index (κ2) is 10.1. The monoisotopic (exact) mass is 443 g/mol. The van der Waals surface area contributed by atoms with Crippen LogP contribution in [0.4, 0.5) is 0 Å². The Labute approximate surface area is 188 Å². The third-order valence-corrected chi connectivity index (χ3v) is 7.17. The van der Waals surface area contributed by atoms with E-state index >= 15 is 0 Å². The van der Waals surface area contributed by atoms with E-state index in [1.807, 2.05) is 52.6 Å². The van der Waals surface area contributed by atoms with Crippen molar-refractivity contribution in [3.63, 3.8) is 0 Å². The van der Waals surface area contributed by atoms with Gasteiger partial charge in [-0.1, -0.05) is 31.0 Å². The summed E-state index contributed by atoms with van der Waals surface area (Å²) in [5, 5.41) is 1.10. The van der Waals surface area contributed by atoms with Crippen LogP contribution in [-0.4, -0.2) is 70.3 Å². The van der Waals surface area contributed by atoms with Gasteiger partial charge in [-0.2, -0.15) is 0 Å². The highest BCUT2D eigenvalue weighted by molar-refractivity contribution is 8.00. The second-order valence-corrected chi connectivity index (χ2v) is 9.80. The van der Waals surface area contributed by atoms with Crippen LogP contribution in [-0.2, 0) is 20.9 Å². The number of fused-ring (bicyclic) bond motifs is 1. The van der Waals surface area contributed by atoms with Crippen LogP contribution < -0.4 is 0 Å². The van der Waals surface area contributed by atoms with E-state index in [4.69, 9.17) is 4.74 Å². The molecule has 2 saturated heterocycles. The van der Waals surface area contributed by atoms with Gasteiger partial charge in [-0.05, 0) is 32.8 Å². The van der Waals surface area contributed by atoms with Crippen molar-refractivity contribution in [1.29, 1.82) is 0 Å². The fourth-order valence-electron chi connectivity index (χ4n) is 4.64. The van der Waals surface area contributed by atoms with Crippen LogP contribution in [0, 0.1) is 0 Å². The number of aromatic nitrogens is 1. The Morgan fingerprint density at radius 2 is 1.65 bits per heavy atom. The number of hydrogen-bond donors (Lipinski definition) is 0. The van der Waals surface area contributed by atoms with Crippen molar-refractivity contribution in [2.24, 2.45) is 0 Å². The molecule has 0 spiro atoms. The minimum absolute atomic E-state index is 0.0604. The maximum Gasteiger partial charge on any atom is 0.242 e. The average Bonchev–Trinajstić information content (AvgIpc) is 2.91. The number of hydrogen-bond acceptors (Lipinski definition) is 4. The molecule has 6 nitrogen and oxygen atoms in total. The molecular weight excluding hydrogens is 410 g/mol. The zero-order chi connectivity index (χ0) is 21.8. The molecule has 4 rings (SSSR count). The van der Waals surface area contributed by atoms with Crippen molar-refractivity contribution >= 4 is 34.5 Å². The summed E-state index contributed by atoms with van der Waals surface area (Å²) in [4.78, 5) is 30.7. The zero-order valence-electron chi connectivity index (χ0n) is 18.6. The van der Waals surface area contributed by atoms with E-state index in [0.29, 0.717) is 25.4 Å². The lowest BCUT2D eigenvalue weighted by atomic mass is 10.2. The van der Waals surface area contributed by atoms with E-state index in [-0.39, 0.29) is 24.0 Å². The number of ether oxygens (including phenoxy) is 1. The van der Waals surface area contributed by atoms with Gasteiger partial charge in [0.1, 0.15) is 6.54 Å². The molecule has 0 bridgehead atoms. The molecular formula is C24H33N3O3S. The number of amides is 2. The summed E-state index contributed by atoms with van der Waals surface area (Å²) in [6.07, 6.45) is 6.82. The molecule has 2 amide bonds. The molecule has 0 unspecified atom stereocenters. The van der Waals surface area contributed by atoms with Crippen LogP contribution in [0.5, 0.6) is 0 Å². The first kappa shape index (κ1) is 22.2. The number of thioether (sulfide) groups is 1. The van der Waals surface area contributed by atoms with E-state index in [2.05, 4.69) is 6.07 Å². The van der Waals surface area contributed by atoms with Gasteiger partial charge in [-0.15, -0.1) is 11.8 Å². The van der Waals surface area contributed by atoms with Crippen molar-refractivity contribution < 1.29 is 14.3 Å². The molecule has 2 atom stereocenters. The largest absolute Gasteiger partial charge is 0.372 e. The Morgan fingerprint density at radius 3 is 2.35 bits per heavy atom. The average molecular weight is 444 g/mol. The van der Waals surface area contributed by atoms with Gasteiger partial charge in [0.15, 0.2) is 0 Å². The van der Waals surface area contributed by atoms with Crippen molar-refractivity contribution in [3.8, 4) is 0 Å². The van der Waals surface area contributed by atoms with Crippen molar-refractivity contribution in [2.45, 2.75) is 63.2 Å². The van der Waals surface area contributed by atoms with Crippen LogP contribution in [0.15, 0.2) is 35.4 Å². The van der Waals surface area contributed by atoms with E-state index < -0.39 is 0 Å². The highest BCUT2D eigenvalue weighted by Crippen LogP contribution is 2.30. The molecule has 1 aromatic carbocycles. The number of carbonyl (C=O) groups is 2. The first-order valence-electron chi connectivity index (χ1n) is 11.4. The molecule has 7 heteroatoms. The third kappa shape index (κ3) is 5.44. The third-order valence-electron chi connectivity index (χ3n) is 6.14. The van der Waals surface area contributed by atoms with Gasteiger partial charge in [-0.3, -0.25) is 9.59 Å². The van der Waals surface area contributed by atoms with Crippen molar-refractivity contribution in [2.75, 3.05) is 31.9 Å². The number of carbonyl (C=O) groups excluding carboxylic acids is 2. The van der Waals surface area contributed by atoms with Gasteiger partial charge in [0.25, 0.3) is 0 Å². The van der Waals surface area contributed by atoms with E-state index in [0.717, 1.165) is 41.7 Å².